The Kier molecular flexibility index (Phi) is 3.96. The van der Waals surface area contributed by atoms with Gasteiger partial charge in [-0.15, -0.1) is 0 Å². The molecule has 0 radical (unpaired) electrons. The SMILES string of the molecule is COc1ccc(CN2Cc3ccc(C4(C#N)CC(C)C4)cc3C2=O)cc1. The molecule has 0 saturated heterocycles. The summed E-state index contributed by atoms with van der Waals surface area (Å²) in [5.74, 6) is 1.44. The van der Waals surface area contributed by atoms with Crippen molar-refractivity contribution in [2.45, 2.75) is 38.3 Å². The highest BCUT2D eigenvalue weighted by atomic mass is 16.5. The Hall–Kier alpha value is -2.80. The van der Waals surface area contributed by atoms with Gasteiger partial charge in [0.25, 0.3) is 5.91 Å². The van der Waals surface area contributed by atoms with Crippen molar-refractivity contribution in [2.24, 2.45) is 5.92 Å². The minimum Gasteiger partial charge on any atom is -0.497 e. The standard InChI is InChI=1S/C22H22N2O2/c1-15-10-22(11-15,14-23)18-6-5-17-13-24(21(25)20(17)9-18)12-16-3-7-19(26-2)8-4-16/h3-9,15H,10-13H2,1-2H3. The van der Waals surface area contributed by atoms with E-state index in [9.17, 15) is 10.1 Å². The number of hydrogen-bond acceptors (Lipinski definition) is 3. The van der Waals surface area contributed by atoms with Crippen molar-refractivity contribution < 1.29 is 9.53 Å². The fourth-order valence-electron chi connectivity index (χ4n) is 4.26. The summed E-state index contributed by atoms with van der Waals surface area (Å²) >= 11 is 0. The van der Waals surface area contributed by atoms with Crippen molar-refractivity contribution in [3.8, 4) is 11.8 Å². The number of nitriles is 1. The Morgan fingerprint density at radius 2 is 1.96 bits per heavy atom. The number of hydrogen-bond donors (Lipinski definition) is 0. The van der Waals surface area contributed by atoms with Gasteiger partial charge in [0.05, 0.1) is 18.6 Å². The largest absolute Gasteiger partial charge is 0.497 e. The number of carbonyl (C=O) groups is 1. The lowest BCUT2D eigenvalue weighted by Crippen LogP contribution is -2.38. The Morgan fingerprint density at radius 3 is 2.58 bits per heavy atom. The first-order chi connectivity index (χ1) is 12.5. The fourth-order valence-corrected chi connectivity index (χ4v) is 4.26. The molecule has 1 fully saturated rings. The van der Waals surface area contributed by atoms with Gasteiger partial charge >= 0.3 is 0 Å². The first kappa shape index (κ1) is 16.7. The first-order valence-corrected chi connectivity index (χ1v) is 9.01. The molecule has 0 spiro atoms. The van der Waals surface area contributed by atoms with E-state index in [1.165, 1.54) is 0 Å². The summed E-state index contributed by atoms with van der Waals surface area (Å²) < 4.78 is 5.18. The molecule has 0 unspecified atom stereocenters. The normalized spacial score (nSPS) is 24.0. The van der Waals surface area contributed by atoms with Gasteiger partial charge in [-0.2, -0.15) is 5.26 Å². The summed E-state index contributed by atoms with van der Waals surface area (Å²) in [5, 5.41) is 9.66. The summed E-state index contributed by atoms with van der Waals surface area (Å²) in [4.78, 5) is 14.7. The number of benzene rings is 2. The highest BCUT2D eigenvalue weighted by molar-refractivity contribution is 5.98. The first-order valence-electron chi connectivity index (χ1n) is 9.01. The van der Waals surface area contributed by atoms with Gasteiger partial charge in [0.1, 0.15) is 5.75 Å². The second-order valence-corrected chi connectivity index (χ2v) is 7.59. The van der Waals surface area contributed by atoms with Gasteiger partial charge in [0.2, 0.25) is 0 Å². The van der Waals surface area contributed by atoms with Crippen molar-refractivity contribution in [1.29, 1.82) is 5.26 Å². The average Bonchev–Trinajstić information content (AvgIpc) is 2.95. The molecule has 1 amide bonds. The van der Waals surface area contributed by atoms with Crippen LogP contribution in [0.1, 0.15) is 46.8 Å². The molecule has 1 heterocycles. The number of carbonyl (C=O) groups excluding carboxylic acids is 1. The minimum atomic E-state index is -0.405. The van der Waals surface area contributed by atoms with E-state index in [2.05, 4.69) is 13.0 Å². The Labute approximate surface area is 154 Å². The van der Waals surface area contributed by atoms with E-state index in [1.807, 2.05) is 47.4 Å². The van der Waals surface area contributed by atoms with Crippen LogP contribution in [0.3, 0.4) is 0 Å². The van der Waals surface area contributed by atoms with Gasteiger partial charge in [0, 0.05) is 18.7 Å². The van der Waals surface area contributed by atoms with Crippen LogP contribution < -0.4 is 4.74 Å². The van der Waals surface area contributed by atoms with Crippen LogP contribution in [0, 0.1) is 17.2 Å². The Bertz CT molecular complexity index is 889. The lowest BCUT2D eigenvalue weighted by atomic mass is 9.60. The third-order valence-electron chi connectivity index (χ3n) is 5.68. The predicted octanol–water partition coefficient (Wildman–Crippen LogP) is 4.04. The highest BCUT2D eigenvalue weighted by Gasteiger charge is 2.44. The van der Waals surface area contributed by atoms with Crippen molar-refractivity contribution in [3.63, 3.8) is 0 Å². The molecule has 4 nitrogen and oxygen atoms in total. The monoisotopic (exact) mass is 346 g/mol. The van der Waals surface area contributed by atoms with Crippen LogP contribution in [-0.4, -0.2) is 17.9 Å². The zero-order valence-corrected chi connectivity index (χ0v) is 15.2. The smallest absolute Gasteiger partial charge is 0.254 e. The molecule has 0 bridgehead atoms. The summed E-state index contributed by atoms with van der Waals surface area (Å²) in [6.45, 7) is 3.37. The molecule has 0 atom stereocenters. The molecule has 2 aromatic carbocycles. The van der Waals surface area contributed by atoms with Crippen LogP contribution in [-0.2, 0) is 18.5 Å². The van der Waals surface area contributed by atoms with Gasteiger partial charge < -0.3 is 9.64 Å². The van der Waals surface area contributed by atoms with Gasteiger partial charge in [-0.3, -0.25) is 4.79 Å². The minimum absolute atomic E-state index is 0.0538. The zero-order chi connectivity index (χ0) is 18.3. The van der Waals surface area contributed by atoms with Gasteiger partial charge in [-0.1, -0.05) is 31.2 Å². The third kappa shape index (κ3) is 2.64. The van der Waals surface area contributed by atoms with Crippen molar-refractivity contribution in [1.82, 2.24) is 4.90 Å². The van der Waals surface area contributed by atoms with E-state index in [0.29, 0.717) is 19.0 Å². The zero-order valence-electron chi connectivity index (χ0n) is 15.2. The lowest BCUT2D eigenvalue weighted by molar-refractivity contribution is 0.0766. The summed E-state index contributed by atoms with van der Waals surface area (Å²) in [7, 11) is 1.64. The summed E-state index contributed by atoms with van der Waals surface area (Å²) in [5.41, 5.74) is 3.47. The van der Waals surface area contributed by atoms with Gasteiger partial charge in [-0.25, -0.2) is 0 Å². The van der Waals surface area contributed by atoms with Crippen LogP contribution in [0.2, 0.25) is 0 Å². The number of nitrogens with zero attached hydrogens (tertiary/aromatic N) is 2. The van der Waals surface area contributed by atoms with Crippen molar-refractivity contribution in [3.05, 3.63) is 64.7 Å². The molecular weight excluding hydrogens is 324 g/mol. The van der Waals surface area contributed by atoms with Crippen molar-refractivity contribution in [2.75, 3.05) is 7.11 Å². The maximum atomic E-state index is 12.9. The molecule has 1 aliphatic carbocycles. The number of rotatable bonds is 4. The molecule has 132 valence electrons. The second-order valence-electron chi connectivity index (χ2n) is 7.59. The molecule has 1 aliphatic heterocycles. The molecule has 0 N–H and O–H groups in total. The maximum absolute atomic E-state index is 12.9. The Balaban J connectivity index is 1.55. The van der Waals surface area contributed by atoms with Crippen LogP contribution >= 0.6 is 0 Å². The van der Waals surface area contributed by atoms with Crippen LogP contribution in [0.15, 0.2) is 42.5 Å². The molecule has 0 aromatic heterocycles. The van der Waals surface area contributed by atoms with Crippen LogP contribution in [0.4, 0.5) is 0 Å². The van der Waals surface area contributed by atoms with Gasteiger partial charge in [-0.05, 0) is 53.6 Å². The third-order valence-corrected chi connectivity index (χ3v) is 5.68. The van der Waals surface area contributed by atoms with Crippen molar-refractivity contribution >= 4 is 5.91 Å². The van der Waals surface area contributed by atoms with E-state index < -0.39 is 5.41 Å². The van der Waals surface area contributed by atoms with Gasteiger partial charge in [0.15, 0.2) is 0 Å². The molecule has 26 heavy (non-hydrogen) atoms. The van der Waals surface area contributed by atoms with Crippen LogP contribution in [0.5, 0.6) is 5.75 Å². The lowest BCUT2D eigenvalue weighted by Gasteiger charge is -2.41. The highest BCUT2D eigenvalue weighted by Crippen LogP contribution is 2.47. The Morgan fingerprint density at radius 1 is 1.23 bits per heavy atom. The summed E-state index contributed by atoms with van der Waals surface area (Å²) in [6.07, 6.45) is 1.76. The molecule has 4 heteroatoms. The summed E-state index contributed by atoms with van der Waals surface area (Å²) in [6, 6.07) is 16.3. The maximum Gasteiger partial charge on any atom is 0.254 e. The number of ether oxygens (including phenoxy) is 1. The number of amides is 1. The van der Waals surface area contributed by atoms with E-state index in [1.54, 1.807) is 7.11 Å². The van der Waals surface area contributed by atoms with E-state index in [-0.39, 0.29) is 5.91 Å². The fraction of sp³-hybridized carbons (Fsp3) is 0.364. The molecular formula is C22H22N2O2. The number of methoxy groups -OCH3 is 1. The van der Waals surface area contributed by atoms with E-state index in [4.69, 9.17) is 4.74 Å². The quantitative estimate of drug-likeness (QED) is 0.839. The molecule has 2 aliphatic rings. The predicted molar refractivity (Wildman–Crippen MR) is 98.7 cm³/mol. The second kappa shape index (κ2) is 6.17. The topological polar surface area (TPSA) is 53.3 Å². The van der Waals surface area contributed by atoms with E-state index in [0.717, 1.165) is 40.8 Å². The van der Waals surface area contributed by atoms with Crippen LogP contribution in [0.25, 0.3) is 0 Å². The number of fused-ring (bicyclic) bond motifs is 1. The molecule has 2 aromatic rings. The van der Waals surface area contributed by atoms with E-state index >= 15 is 0 Å². The molecule has 1 saturated carbocycles. The average molecular weight is 346 g/mol. The molecule has 4 rings (SSSR count).